The van der Waals surface area contributed by atoms with Crippen molar-refractivity contribution in [3.63, 3.8) is 0 Å². The monoisotopic (exact) mass is 458 g/mol. The van der Waals surface area contributed by atoms with Gasteiger partial charge in [0.25, 0.3) is 5.91 Å². The Morgan fingerprint density at radius 2 is 1.76 bits per heavy atom. The van der Waals surface area contributed by atoms with Crippen molar-refractivity contribution >= 4 is 23.2 Å². The zero-order valence-corrected chi connectivity index (χ0v) is 19.0. The Kier molecular flexibility index (Phi) is 6.51. The summed E-state index contributed by atoms with van der Waals surface area (Å²) in [7, 11) is 1.58. The normalized spacial score (nSPS) is 10.6. The third-order valence-electron chi connectivity index (χ3n) is 5.20. The Balaban J connectivity index is 1.59. The first-order valence-corrected chi connectivity index (χ1v) is 11.1. The molecule has 6 nitrogen and oxygen atoms in total. The van der Waals surface area contributed by atoms with Crippen LogP contribution in [0.4, 0.5) is 0 Å². The number of hydrogen-bond acceptors (Lipinski definition) is 5. The molecule has 4 aromatic rings. The van der Waals surface area contributed by atoms with Gasteiger partial charge in [-0.05, 0) is 47.9 Å². The van der Waals surface area contributed by atoms with Crippen LogP contribution in [-0.4, -0.2) is 29.1 Å². The number of ether oxygens (including phenoxy) is 1. The molecule has 33 heavy (non-hydrogen) atoms. The lowest BCUT2D eigenvalue weighted by Crippen LogP contribution is -2.24. The minimum Gasteiger partial charge on any atom is -0.497 e. The molecule has 0 bridgehead atoms. The number of carbonyl (C=O) groups is 2. The number of carboxylic acids is 1. The number of benzene rings is 3. The van der Waals surface area contributed by atoms with Crippen molar-refractivity contribution in [1.82, 2.24) is 10.3 Å². The average molecular weight is 459 g/mol. The number of rotatable bonds is 7. The zero-order valence-electron chi connectivity index (χ0n) is 18.2. The van der Waals surface area contributed by atoms with Crippen LogP contribution < -0.4 is 10.1 Å². The molecule has 0 aliphatic heterocycles. The van der Waals surface area contributed by atoms with Crippen LogP contribution in [0.25, 0.3) is 21.7 Å². The highest BCUT2D eigenvalue weighted by Crippen LogP contribution is 2.30. The highest BCUT2D eigenvalue weighted by atomic mass is 32.1. The number of hydrogen-bond donors (Lipinski definition) is 2. The number of aromatic nitrogens is 1. The lowest BCUT2D eigenvalue weighted by molar-refractivity contribution is 0.0696. The van der Waals surface area contributed by atoms with Crippen molar-refractivity contribution in [3.05, 3.63) is 94.5 Å². The standard InChI is InChI=1S/C26H22N2O4S/c1-16-23(28-25(33-16)17-7-4-3-5-8-17)24(29)27-15-20-14-21(32-2)11-12-22(20)18-9-6-10-19(13-18)26(30)31/h3-14H,15H2,1-2H3,(H,27,29)(H,30,31). The maximum absolute atomic E-state index is 13.0. The van der Waals surface area contributed by atoms with Gasteiger partial charge < -0.3 is 15.2 Å². The molecule has 0 unspecified atom stereocenters. The first kappa shape index (κ1) is 22.2. The largest absolute Gasteiger partial charge is 0.497 e. The van der Waals surface area contributed by atoms with Gasteiger partial charge in [-0.3, -0.25) is 4.79 Å². The zero-order chi connectivity index (χ0) is 23.4. The second-order valence-corrected chi connectivity index (χ2v) is 8.58. The van der Waals surface area contributed by atoms with Crippen molar-refractivity contribution in [2.45, 2.75) is 13.5 Å². The number of carbonyl (C=O) groups excluding carboxylic acids is 1. The Bertz CT molecular complexity index is 1320. The Labute approximate surface area is 195 Å². The molecule has 1 amide bonds. The molecular formula is C26H22N2O4S. The fourth-order valence-corrected chi connectivity index (χ4v) is 4.43. The summed E-state index contributed by atoms with van der Waals surface area (Å²) in [6.07, 6.45) is 0. The number of amides is 1. The highest BCUT2D eigenvalue weighted by molar-refractivity contribution is 7.15. The van der Waals surface area contributed by atoms with Gasteiger partial charge in [-0.25, -0.2) is 9.78 Å². The van der Waals surface area contributed by atoms with Crippen LogP contribution in [0.5, 0.6) is 5.75 Å². The van der Waals surface area contributed by atoms with Gasteiger partial charge in [0.05, 0.1) is 12.7 Å². The van der Waals surface area contributed by atoms with Gasteiger partial charge in [-0.2, -0.15) is 0 Å². The number of aryl methyl sites for hydroxylation is 1. The predicted molar refractivity (Wildman–Crippen MR) is 129 cm³/mol. The predicted octanol–water partition coefficient (Wildman–Crippen LogP) is 5.42. The maximum Gasteiger partial charge on any atom is 0.335 e. The molecule has 0 saturated heterocycles. The summed E-state index contributed by atoms with van der Waals surface area (Å²) in [5.74, 6) is -0.610. The van der Waals surface area contributed by atoms with Crippen molar-refractivity contribution in [1.29, 1.82) is 0 Å². The molecule has 7 heteroatoms. The van der Waals surface area contributed by atoms with E-state index in [1.807, 2.05) is 61.5 Å². The van der Waals surface area contributed by atoms with Crippen LogP contribution in [0.3, 0.4) is 0 Å². The molecule has 0 spiro atoms. The molecule has 4 rings (SSSR count). The summed E-state index contributed by atoms with van der Waals surface area (Å²) in [4.78, 5) is 29.7. The van der Waals surface area contributed by atoms with Crippen LogP contribution in [-0.2, 0) is 6.54 Å². The van der Waals surface area contributed by atoms with E-state index in [1.165, 1.54) is 11.3 Å². The second-order valence-electron chi connectivity index (χ2n) is 7.38. The number of nitrogens with zero attached hydrogens (tertiary/aromatic N) is 1. The van der Waals surface area contributed by atoms with Crippen LogP contribution in [0.2, 0.25) is 0 Å². The van der Waals surface area contributed by atoms with Crippen molar-refractivity contribution in [3.8, 4) is 27.4 Å². The first-order chi connectivity index (χ1) is 16.0. The molecule has 2 N–H and O–H groups in total. The van der Waals surface area contributed by atoms with Crippen molar-refractivity contribution < 1.29 is 19.4 Å². The van der Waals surface area contributed by atoms with E-state index in [0.29, 0.717) is 11.4 Å². The minimum atomic E-state index is -0.992. The van der Waals surface area contributed by atoms with E-state index in [4.69, 9.17) is 4.74 Å². The van der Waals surface area contributed by atoms with Crippen LogP contribution >= 0.6 is 11.3 Å². The molecule has 0 saturated carbocycles. The van der Waals surface area contributed by atoms with E-state index in [-0.39, 0.29) is 18.0 Å². The summed E-state index contributed by atoms with van der Waals surface area (Å²) < 4.78 is 5.35. The van der Waals surface area contributed by atoms with E-state index in [2.05, 4.69) is 10.3 Å². The molecule has 0 aliphatic rings. The Hall–Kier alpha value is -3.97. The number of nitrogens with one attached hydrogen (secondary N) is 1. The molecule has 1 heterocycles. The van der Waals surface area contributed by atoms with Crippen LogP contribution in [0.1, 0.15) is 31.3 Å². The minimum absolute atomic E-state index is 0.199. The topological polar surface area (TPSA) is 88.5 Å². The summed E-state index contributed by atoms with van der Waals surface area (Å²) in [5, 5.41) is 13.1. The smallest absolute Gasteiger partial charge is 0.335 e. The second kappa shape index (κ2) is 9.67. The Morgan fingerprint density at radius 3 is 2.48 bits per heavy atom. The van der Waals surface area contributed by atoms with E-state index >= 15 is 0 Å². The third kappa shape index (κ3) is 4.94. The summed E-state index contributed by atoms with van der Waals surface area (Å²) in [5.41, 5.74) is 3.94. The lowest BCUT2D eigenvalue weighted by atomic mass is 9.97. The van der Waals surface area contributed by atoms with Crippen molar-refractivity contribution in [2.24, 2.45) is 0 Å². The SMILES string of the molecule is COc1ccc(-c2cccc(C(=O)O)c2)c(CNC(=O)c2nc(-c3ccccc3)sc2C)c1. The molecule has 0 aliphatic carbocycles. The van der Waals surface area contributed by atoms with E-state index < -0.39 is 5.97 Å². The molecule has 166 valence electrons. The molecule has 0 atom stereocenters. The van der Waals surface area contributed by atoms with Gasteiger partial charge in [0.2, 0.25) is 0 Å². The summed E-state index contributed by atoms with van der Waals surface area (Å²) in [6, 6.07) is 22.0. The van der Waals surface area contributed by atoms with Gasteiger partial charge in [0.15, 0.2) is 0 Å². The summed E-state index contributed by atoms with van der Waals surface area (Å²) >= 11 is 1.48. The van der Waals surface area contributed by atoms with Gasteiger partial charge in [0.1, 0.15) is 16.5 Å². The molecule has 1 aromatic heterocycles. The lowest BCUT2D eigenvalue weighted by Gasteiger charge is -2.13. The van der Waals surface area contributed by atoms with Gasteiger partial charge in [-0.1, -0.05) is 48.5 Å². The van der Waals surface area contributed by atoms with E-state index in [0.717, 1.165) is 32.1 Å². The maximum atomic E-state index is 13.0. The van der Waals surface area contributed by atoms with Crippen LogP contribution in [0.15, 0.2) is 72.8 Å². The fourth-order valence-electron chi connectivity index (χ4n) is 3.52. The number of thiazole rings is 1. The number of aromatic carboxylic acids is 1. The number of methoxy groups -OCH3 is 1. The highest BCUT2D eigenvalue weighted by Gasteiger charge is 2.17. The number of carboxylic acid groups (broad SMARTS) is 1. The summed E-state index contributed by atoms with van der Waals surface area (Å²) in [6.45, 7) is 2.12. The fraction of sp³-hybridized carbons (Fsp3) is 0.115. The van der Waals surface area contributed by atoms with Gasteiger partial charge >= 0.3 is 5.97 Å². The van der Waals surface area contributed by atoms with Gasteiger partial charge in [-0.15, -0.1) is 11.3 Å². The Morgan fingerprint density at radius 1 is 1.00 bits per heavy atom. The van der Waals surface area contributed by atoms with E-state index in [1.54, 1.807) is 25.3 Å². The third-order valence-corrected chi connectivity index (χ3v) is 6.22. The molecule has 0 radical (unpaired) electrons. The quantitative estimate of drug-likeness (QED) is 0.386. The van der Waals surface area contributed by atoms with Crippen molar-refractivity contribution in [2.75, 3.05) is 7.11 Å². The molecular weight excluding hydrogens is 436 g/mol. The van der Waals surface area contributed by atoms with Crippen LogP contribution in [0, 0.1) is 6.92 Å². The molecule has 3 aromatic carbocycles. The average Bonchev–Trinajstić information content (AvgIpc) is 3.24. The van der Waals surface area contributed by atoms with Gasteiger partial charge in [0, 0.05) is 17.0 Å². The van der Waals surface area contributed by atoms with E-state index in [9.17, 15) is 14.7 Å². The first-order valence-electron chi connectivity index (χ1n) is 10.3. The molecule has 0 fully saturated rings.